The van der Waals surface area contributed by atoms with Crippen LogP contribution in [-0.2, 0) is 4.79 Å². The molecule has 3 rings (SSSR count). The van der Waals surface area contributed by atoms with Crippen LogP contribution in [0.3, 0.4) is 0 Å². The molecular weight excluding hydrogens is 232 g/mol. The molecule has 2 unspecified atom stereocenters. The van der Waals surface area contributed by atoms with Crippen molar-refractivity contribution in [2.24, 2.45) is 17.8 Å². The lowest BCUT2D eigenvalue weighted by molar-refractivity contribution is -0.384. The normalized spacial score (nSPS) is 28.6. The van der Waals surface area contributed by atoms with Crippen molar-refractivity contribution in [2.45, 2.75) is 19.3 Å². The summed E-state index contributed by atoms with van der Waals surface area (Å²) in [5.41, 5.74) is 0.668. The van der Waals surface area contributed by atoms with Gasteiger partial charge < -0.3 is 5.32 Å². The molecule has 0 bridgehead atoms. The fourth-order valence-electron chi connectivity index (χ4n) is 2.84. The number of nitro groups is 1. The van der Waals surface area contributed by atoms with Crippen LogP contribution in [0.1, 0.15) is 19.3 Å². The van der Waals surface area contributed by atoms with Gasteiger partial charge >= 0.3 is 0 Å². The van der Waals surface area contributed by atoms with Gasteiger partial charge in [0, 0.05) is 23.7 Å². The number of hydrogen-bond donors (Lipinski definition) is 1. The number of nitrogens with one attached hydrogen (secondary N) is 1. The van der Waals surface area contributed by atoms with Crippen LogP contribution in [0.15, 0.2) is 24.3 Å². The average Bonchev–Trinajstić information content (AvgIpc) is 2.96. The molecular formula is C13H14N2O3. The van der Waals surface area contributed by atoms with Crippen molar-refractivity contribution >= 4 is 17.3 Å². The quantitative estimate of drug-likeness (QED) is 0.658. The number of non-ortho nitro benzene ring substituents is 1. The average molecular weight is 246 g/mol. The van der Waals surface area contributed by atoms with Gasteiger partial charge in [-0.25, -0.2) is 0 Å². The third kappa shape index (κ3) is 2.08. The zero-order valence-corrected chi connectivity index (χ0v) is 9.83. The van der Waals surface area contributed by atoms with Crippen LogP contribution in [0.5, 0.6) is 0 Å². The maximum Gasteiger partial charge on any atom is 0.269 e. The van der Waals surface area contributed by atoms with E-state index in [2.05, 4.69) is 5.32 Å². The van der Waals surface area contributed by atoms with E-state index in [1.807, 2.05) is 0 Å². The van der Waals surface area contributed by atoms with E-state index in [1.54, 1.807) is 12.1 Å². The van der Waals surface area contributed by atoms with Gasteiger partial charge in [0.2, 0.25) is 5.91 Å². The van der Waals surface area contributed by atoms with Crippen molar-refractivity contribution in [3.63, 3.8) is 0 Å². The first-order chi connectivity index (χ1) is 8.63. The number of benzene rings is 1. The van der Waals surface area contributed by atoms with E-state index < -0.39 is 4.92 Å². The van der Waals surface area contributed by atoms with Crippen LogP contribution >= 0.6 is 0 Å². The summed E-state index contributed by atoms with van der Waals surface area (Å²) < 4.78 is 0. The predicted molar refractivity (Wildman–Crippen MR) is 66.0 cm³/mol. The molecule has 1 amide bonds. The van der Waals surface area contributed by atoms with Crippen LogP contribution in [-0.4, -0.2) is 10.8 Å². The van der Waals surface area contributed by atoms with Crippen LogP contribution in [0.25, 0.3) is 0 Å². The smallest absolute Gasteiger partial charge is 0.269 e. The molecule has 0 spiro atoms. The molecule has 0 aliphatic heterocycles. The second-order valence-electron chi connectivity index (χ2n) is 5.22. The van der Waals surface area contributed by atoms with Crippen LogP contribution in [0.4, 0.5) is 11.4 Å². The Morgan fingerprint density at radius 3 is 2.33 bits per heavy atom. The Labute approximate surface area is 104 Å². The van der Waals surface area contributed by atoms with E-state index in [1.165, 1.54) is 18.6 Å². The number of anilines is 1. The van der Waals surface area contributed by atoms with Crippen molar-refractivity contribution in [1.82, 2.24) is 0 Å². The minimum Gasteiger partial charge on any atom is -0.326 e. The first-order valence-electron chi connectivity index (χ1n) is 6.19. The highest BCUT2D eigenvalue weighted by molar-refractivity contribution is 5.92. The molecule has 18 heavy (non-hydrogen) atoms. The first-order valence-corrected chi connectivity index (χ1v) is 6.19. The molecule has 5 nitrogen and oxygen atoms in total. The maximum absolute atomic E-state index is 12.0. The molecule has 0 heterocycles. The highest BCUT2D eigenvalue weighted by atomic mass is 16.6. The predicted octanol–water partition coefficient (Wildman–Crippen LogP) is 2.58. The summed E-state index contributed by atoms with van der Waals surface area (Å²) in [5, 5.41) is 13.3. The largest absolute Gasteiger partial charge is 0.326 e. The minimum absolute atomic E-state index is 0.0371. The third-order valence-electron chi connectivity index (χ3n) is 3.96. The second-order valence-corrected chi connectivity index (χ2v) is 5.22. The summed E-state index contributed by atoms with van der Waals surface area (Å²) in [5.74, 6) is 1.73. The van der Waals surface area contributed by atoms with Crippen molar-refractivity contribution in [3.8, 4) is 0 Å². The highest BCUT2D eigenvalue weighted by Gasteiger charge is 2.47. The van der Waals surface area contributed by atoms with Crippen LogP contribution in [0.2, 0.25) is 0 Å². The number of nitrogens with zero attached hydrogens (tertiary/aromatic N) is 1. The molecule has 0 saturated heterocycles. The molecule has 2 aliphatic carbocycles. The fraction of sp³-hybridized carbons (Fsp3) is 0.462. The van der Waals surface area contributed by atoms with Gasteiger partial charge in [0.05, 0.1) is 4.92 Å². The summed E-state index contributed by atoms with van der Waals surface area (Å²) in [6, 6.07) is 5.96. The zero-order chi connectivity index (χ0) is 12.7. The lowest BCUT2D eigenvalue weighted by Gasteiger charge is -2.12. The molecule has 1 N–H and O–H groups in total. The Morgan fingerprint density at radius 2 is 1.78 bits per heavy atom. The number of amides is 1. The molecule has 1 aromatic rings. The number of carbonyl (C=O) groups is 1. The summed E-state index contributed by atoms with van der Waals surface area (Å²) in [7, 11) is 0. The van der Waals surface area contributed by atoms with Gasteiger partial charge in [-0.1, -0.05) is 0 Å². The van der Waals surface area contributed by atoms with E-state index >= 15 is 0 Å². The highest BCUT2D eigenvalue weighted by Crippen LogP contribution is 2.54. The van der Waals surface area contributed by atoms with Gasteiger partial charge in [-0.2, -0.15) is 0 Å². The molecule has 0 aromatic heterocycles. The van der Waals surface area contributed by atoms with Gasteiger partial charge in [-0.05, 0) is 43.2 Å². The molecule has 2 atom stereocenters. The number of carbonyl (C=O) groups excluding carboxylic acids is 1. The first kappa shape index (κ1) is 11.2. The number of fused-ring (bicyclic) bond motifs is 1. The monoisotopic (exact) mass is 246 g/mol. The van der Waals surface area contributed by atoms with Crippen molar-refractivity contribution in [3.05, 3.63) is 34.4 Å². The zero-order valence-electron chi connectivity index (χ0n) is 9.83. The lowest BCUT2D eigenvalue weighted by Crippen LogP contribution is -2.21. The van der Waals surface area contributed by atoms with E-state index in [0.717, 1.165) is 24.7 Å². The number of hydrogen-bond acceptors (Lipinski definition) is 3. The Kier molecular flexibility index (Phi) is 2.54. The summed E-state index contributed by atoms with van der Waals surface area (Å²) in [6.07, 6.45) is 3.30. The third-order valence-corrected chi connectivity index (χ3v) is 3.96. The van der Waals surface area contributed by atoms with Crippen molar-refractivity contribution in [1.29, 1.82) is 0 Å². The van der Waals surface area contributed by atoms with Gasteiger partial charge in [0.15, 0.2) is 0 Å². The number of nitro benzene ring substituents is 1. The topological polar surface area (TPSA) is 72.2 Å². The molecule has 2 aliphatic rings. The standard InChI is InChI=1S/C13H14N2O3/c16-13(10-6-8-5-9(8)7-10)14-11-1-3-12(4-2-11)15(17)18/h1-4,8-10H,5-7H2,(H,14,16). The van der Waals surface area contributed by atoms with Gasteiger partial charge in [-0.15, -0.1) is 0 Å². The van der Waals surface area contributed by atoms with Gasteiger partial charge in [0.25, 0.3) is 5.69 Å². The van der Waals surface area contributed by atoms with E-state index in [9.17, 15) is 14.9 Å². The molecule has 5 heteroatoms. The molecule has 2 fully saturated rings. The number of rotatable bonds is 3. The van der Waals surface area contributed by atoms with Gasteiger partial charge in [0.1, 0.15) is 0 Å². The fourth-order valence-corrected chi connectivity index (χ4v) is 2.84. The maximum atomic E-state index is 12.0. The van der Waals surface area contributed by atoms with Crippen LogP contribution in [0, 0.1) is 27.9 Å². The molecule has 2 saturated carbocycles. The molecule has 94 valence electrons. The summed E-state index contributed by atoms with van der Waals surface area (Å²) >= 11 is 0. The second kappa shape index (κ2) is 4.08. The van der Waals surface area contributed by atoms with E-state index in [-0.39, 0.29) is 17.5 Å². The van der Waals surface area contributed by atoms with E-state index in [4.69, 9.17) is 0 Å². The SMILES string of the molecule is O=C(Nc1ccc([N+](=O)[O-])cc1)C1CC2CC2C1. The summed E-state index contributed by atoms with van der Waals surface area (Å²) in [4.78, 5) is 22.0. The van der Waals surface area contributed by atoms with Crippen LogP contribution < -0.4 is 5.32 Å². The van der Waals surface area contributed by atoms with Crippen molar-refractivity contribution in [2.75, 3.05) is 5.32 Å². The Hall–Kier alpha value is -1.91. The Bertz CT molecular complexity index is 487. The summed E-state index contributed by atoms with van der Waals surface area (Å²) in [6.45, 7) is 0. The van der Waals surface area contributed by atoms with E-state index in [0.29, 0.717) is 5.69 Å². The molecule has 1 aromatic carbocycles. The Balaban J connectivity index is 1.61. The molecule has 0 radical (unpaired) electrons. The lowest BCUT2D eigenvalue weighted by atomic mass is 10.0. The van der Waals surface area contributed by atoms with Gasteiger partial charge in [-0.3, -0.25) is 14.9 Å². The van der Waals surface area contributed by atoms with Crippen molar-refractivity contribution < 1.29 is 9.72 Å². The minimum atomic E-state index is -0.448. The Morgan fingerprint density at radius 1 is 1.17 bits per heavy atom.